The SMILES string of the molecule is CCCC(N)C(=O)Nc1cccc(OCCS(C)(=O)=O)c1.Cl. The summed E-state index contributed by atoms with van der Waals surface area (Å²) in [6, 6.07) is 6.24. The fourth-order valence-corrected chi connectivity index (χ4v) is 2.04. The number of benzene rings is 1. The lowest BCUT2D eigenvalue weighted by Crippen LogP contribution is -2.35. The Labute approximate surface area is 137 Å². The van der Waals surface area contributed by atoms with E-state index in [4.69, 9.17) is 10.5 Å². The van der Waals surface area contributed by atoms with Gasteiger partial charge < -0.3 is 15.8 Å². The monoisotopic (exact) mass is 350 g/mol. The van der Waals surface area contributed by atoms with E-state index >= 15 is 0 Å². The molecule has 8 heteroatoms. The summed E-state index contributed by atoms with van der Waals surface area (Å²) in [6.07, 6.45) is 2.61. The molecule has 0 saturated carbocycles. The third-order valence-electron chi connectivity index (χ3n) is 2.76. The largest absolute Gasteiger partial charge is 0.492 e. The normalized spacial score (nSPS) is 12.1. The summed E-state index contributed by atoms with van der Waals surface area (Å²) >= 11 is 0. The minimum atomic E-state index is -3.05. The second-order valence-corrected chi connectivity index (χ2v) is 7.15. The number of amides is 1. The summed E-state index contributed by atoms with van der Waals surface area (Å²) in [6.45, 7) is 2.04. The maximum Gasteiger partial charge on any atom is 0.241 e. The molecule has 0 aliphatic rings. The van der Waals surface area contributed by atoms with Gasteiger partial charge in [0.15, 0.2) is 9.84 Å². The number of hydrogen-bond acceptors (Lipinski definition) is 5. The Bertz CT molecular complexity index is 578. The van der Waals surface area contributed by atoms with Gasteiger partial charge in [-0.05, 0) is 18.6 Å². The van der Waals surface area contributed by atoms with Crippen LogP contribution in [0.15, 0.2) is 24.3 Å². The van der Waals surface area contributed by atoms with Crippen LogP contribution in [0.1, 0.15) is 19.8 Å². The average Bonchev–Trinajstić information content (AvgIpc) is 2.38. The zero-order valence-corrected chi connectivity index (χ0v) is 14.4. The number of carbonyl (C=O) groups excluding carboxylic acids is 1. The van der Waals surface area contributed by atoms with Gasteiger partial charge in [0, 0.05) is 18.0 Å². The second kappa shape index (κ2) is 9.66. The first-order valence-electron chi connectivity index (χ1n) is 6.79. The van der Waals surface area contributed by atoms with Crippen molar-refractivity contribution in [1.29, 1.82) is 0 Å². The smallest absolute Gasteiger partial charge is 0.241 e. The third-order valence-corrected chi connectivity index (χ3v) is 3.67. The number of halogens is 1. The molecular weight excluding hydrogens is 328 g/mol. The first-order valence-corrected chi connectivity index (χ1v) is 8.85. The van der Waals surface area contributed by atoms with Gasteiger partial charge in [0.05, 0.1) is 11.8 Å². The van der Waals surface area contributed by atoms with Crippen LogP contribution >= 0.6 is 12.4 Å². The van der Waals surface area contributed by atoms with Crippen LogP contribution in [0, 0.1) is 0 Å². The fraction of sp³-hybridized carbons (Fsp3) is 0.500. The van der Waals surface area contributed by atoms with E-state index in [-0.39, 0.29) is 30.7 Å². The van der Waals surface area contributed by atoms with Gasteiger partial charge in [-0.25, -0.2) is 8.42 Å². The van der Waals surface area contributed by atoms with Crippen LogP contribution in [-0.2, 0) is 14.6 Å². The number of nitrogens with one attached hydrogen (secondary N) is 1. The Morgan fingerprint density at radius 2 is 2.09 bits per heavy atom. The van der Waals surface area contributed by atoms with Crippen molar-refractivity contribution >= 4 is 33.8 Å². The Morgan fingerprint density at radius 1 is 1.41 bits per heavy atom. The van der Waals surface area contributed by atoms with E-state index in [0.29, 0.717) is 17.9 Å². The molecule has 1 aromatic rings. The van der Waals surface area contributed by atoms with Crippen molar-refractivity contribution < 1.29 is 17.9 Å². The Morgan fingerprint density at radius 3 is 2.68 bits per heavy atom. The van der Waals surface area contributed by atoms with Crippen LogP contribution in [0.4, 0.5) is 5.69 Å². The van der Waals surface area contributed by atoms with Gasteiger partial charge in [-0.2, -0.15) is 0 Å². The van der Waals surface area contributed by atoms with Crippen LogP contribution in [0.5, 0.6) is 5.75 Å². The molecule has 0 aromatic heterocycles. The lowest BCUT2D eigenvalue weighted by Gasteiger charge is -2.12. The summed E-state index contributed by atoms with van der Waals surface area (Å²) in [5.41, 5.74) is 6.30. The Kier molecular flexibility index (Phi) is 9.08. The van der Waals surface area contributed by atoms with E-state index in [2.05, 4.69) is 5.32 Å². The molecule has 0 aliphatic carbocycles. The van der Waals surface area contributed by atoms with Crippen molar-refractivity contribution in [3.8, 4) is 5.75 Å². The van der Waals surface area contributed by atoms with Gasteiger partial charge in [-0.3, -0.25) is 4.79 Å². The van der Waals surface area contributed by atoms with E-state index < -0.39 is 15.9 Å². The van der Waals surface area contributed by atoms with E-state index in [1.165, 1.54) is 0 Å². The van der Waals surface area contributed by atoms with Crippen molar-refractivity contribution in [1.82, 2.24) is 0 Å². The van der Waals surface area contributed by atoms with Crippen LogP contribution in [0.3, 0.4) is 0 Å². The van der Waals surface area contributed by atoms with E-state index in [9.17, 15) is 13.2 Å². The van der Waals surface area contributed by atoms with Gasteiger partial charge in [0.1, 0.15) is 12.4 Å². The number of carbonyl (C=O) groups is 1. The summed E-state index contributed by atoms with van der Waals surface area (Å²) in [5, 5.41) is 2.71. The first-order chi connectivity index (χ1) is 9.81. The summed E-state index contributed by atoms with van der Waals surface area (Å²) in [5.74, 6) is 0.205. The van der Waals surface area contributed by atoms with Crippen molar-refractivity contribution in [3.05, 3.63) is 24.3 Å². The third kappa shape index (κ3) is 8.21. The summed E-state index contributed by atoms with van der Waals surface area (Å²) in [4.78, 5) is 11.8. The minimum absolute atomic E-state index is 0. The minimum Gasteiger partial charge on any atom is -0.492 e. The molecule has 6 nitrogen and oxygen atoms in total. The van der Waals surface area contributed by atoms with Crippen LogP contribution in [0.25, 0.3) is 0 Å². The van der Waals surface area contributed by atoms with Crippen LogP contribution in [0.2, 0.25) is 0 Å². The molecule has 0 saturated heterocycles. The molecule has 1 aromatic carbocycles. The van der Waals surface area contributed by atoms with E-state index in [0.717, 1.165) is 12.7 Å². The van der Waals surface area contributed by atoms with Gasteiger partial charge in [-0.1, -0.05) is 19.4 Å². The highest BCUT2D eigenvalue weighted by molar-refractivity contribution is 7.90. The zero-order chi connectivity index (χ0) is 15.9. The highest BCUT2D eigenvalue weighted by Gasteiger charge is 2.12. The predicted molar refractivity (Wildman–Crippen MR) is 90.4 cm³/mol. The van der Waals surface area contributed by atoms with E-state index in [1.54, 1.807) is 24.3 Å². The number of nitrogens with two attached hydrogens (primary N) is 1. The topological polar surface area (TPSA) is 98.5 Å². The highest BCUT2D eigenvalue weighted by Crippen LogP contribution is 2.17. The second-order valence-electron chi connectivity index (χ2n) is 4.89. The summed E-state index contributed by atoms with van der Waals surface area (Å²) in [7, 11) is -3.05. The maximum absolute atomic E-state index is 11.8. The molecule has 0 bridgehead atoms. The van der Waals surface area contributed by atoms with Crippen LogP contribution < -0.4 is 15.8 Å². The molecule has 22 heavy (non-hydrogen) atoms. The van der Waals surface area contributed by atoms with E-state index in [1.807, 2.05) is 6.92 Å². The number of anilines is 1. The van der Waals surface area contributed by atoms with Gasteiger partial charge in [0.25, 0.3) is 0 Å². The Hall–Kier alpha value is -1.31. The molecule has 0 radical (unpaired) electrons. The standard InChI is InChI=1S/C14H22N2O4S.ClH/c1-3-5-13(15)14(17)16-11-6-4-7-12(10-11)20-8-9-21(2,18)19;/h4,6-7,10,13H,3,5,8-9,15H2,1-2H3,(H,16,17);1H. The molecule has 1 rings (SSSR count). The quantitative estimate of drug-likeness (QED) is 0.742. The molecular formula is C14H23ClN2O4S. The lowest BCUT2D eigenvalue weighted by molar-refractivity contribution is -0.117. The van der Waals surface area contributed by atoms with Crippen molar-refractivity contribution in [2.45, 2.75) is 25.8 Å². The lowest BCUT2D eigenvalue weighted by atomic mass is 10.1. The van der Waals surface area contributed by atoms with Gasteiger partial charge in [-0.15, -0.1) is 12.4 Å². The fourth-order valence-electron chi connectivity index (χ4n) is 1.65. The predicted octanol–water partition coefficient (Wildman–Crippen LogP) is 1.60. The van der Waals surface area contributed by atoms with Crippen LogP contribution in [-0.4, -0.2) is 39.0 Å². The molecule has 0 aliphatic heterocycles. The molecule has 3 N–H and O–H groups in total. The average molecular weight is 351 g/mol. The number of sulfone groups is 1. The number of rotatable bonds is 8. The highest BCUT2D eigenvalue weighted by atomic mass is 35.5. The Balaban J connectivity index is 0.00000441. The maximum atomic E-state index is 11.8. The van der Waals surface area contributed by atoms with Gasteiger partial charge in [0.2, 0.25) is 5.91 Å². The van der Waals surface area contributed by atoms with Crippen molar-refractivity contribution in [2.24, 2.45) is 5.73 Å². The van der Waals surface area contributed by atoms with Gasteiger partial charge >= 0.3 is 0 Å². The number of ether oxygens (including phenoxy) is 1. The molecule has 1 unspecified atom stereocenters. The molecule has 0 heterocycles. The van der Waals surface area contributed by atoms with Crippen molar-refractivity contribution in [2.75, 3.05) is 23.9 Å². The zero-order valence-electron chi connectivity index (χ0n) is 12.7. The van der Waals surface area contributed by atoms with Crippen molar-refractivity contribution in [3.63, 3.8) is 0 Å². The molecule has 1 amide bonds. The molecule has 0 spiro atoms. The number of hydrogen-bond donors (Lipinski definition) is 2. The molecule has 0 fully saturated rings. The first kappa shape index (κ1) is 20.7. The molecule has 1 atom stereocenters. The molecule has 126 valence electrons. The summed E-state index contributed by atoms with van der Waals surface area (Å²) < 4.78 is 27.4.